The summed E-state index contributed by atoms with van der Waals surface area (Å²) >= 11 is 0. The van der Waals surface area contributed by atoms with Gasteiger partial charge in [0.05, 0.1) is 12.8 Å². The molecule has 1 amide bonds. The van der Waals surface area contributed by atoms with Gasteiger partial charge in [0, 0.05) is 50.7 Å². The topological polar surface area (TPSA) is 98.7 Å². The Labute approximate surface area is 177 Å². The van der Waals surface area contributed by atoms with Crippen LogP contribution in [-0.2, 0) is 14.8 Å². The molecular weight excluding hydrogens is 404 g/mol. The Bertz CT molecular complexity index is 1000. The Hall–Kier alpha value is -2.72. The van der Waals surface area contributed by atoms with Crippen LogP contribution in [0.2, 0.25) is 0 Å². The molecule has 1 fully saturated rings. The van der Waals surface area contributed by atoms with Crippen LogP contribution in [-0.4, -0.2) is 79.5 Å². The fourth-order valence-corrected chi connectivity index (χ4v) is 3.47. The molecule has 1 aliphatic heterocycles. The van der Waals surface area contributed by atoms with Gasteiger partial charge in [-0.25, -0.2) is 13.4 Å². The number of carbonyl (C=O) groups is 1. The number of amides is 1. The number of hydrogen-bond acceptors (Lipinski definition) is 7. The summed E-state index contributed by atoms with van der Waals surface area (Å²) in [6, 6.07) is 9.94. The van der Waals surface area contributed by atoms with Crippen LogP contribution in [0.1, 0.15) is 11.3 Å². The summed E-state index contributed by atoms with van der Waals surface area (Å²) in [5.41, 5.74) is 2.95. The van der Waals surface area contributed by atoms with E-state index in [4.69, 9.17) is 0 Å². The Balaban J connectivity index is 1.63. The molecule has 30 heavy (non-hydrogen) atoms. The molecule has 0 radical (unpaired) electrons. The lowest BCUT2D eigenvalue weighted by molar-refractivity contribution is -0.131. The molecule has 162 valence electrons. The number of hydrogen-bond donors (Lipinski definition) is 1. The van der Waals surface area contributed by atoms with E-state index < -0.39 is 10.0 Å². The van der Waals surface area contributed by atoms with Crippen LogP contribution in [0.15, 0.2) is 30.3 Å². The number of piperazine rings is 1. The molecule has 0 aliphatic carbocycles. The lowest BCUT2D eigenvalue weighted by Crippen LogP contribution is -2.51. The summed E-state index contributed by atoms with van der Waals surface area (Å²) in [7, 11) is -1.96. The predicted octanol–water partition coefficient (Wildman–Crippen LogP) is 1.38. The molecule has 1 aromatic carbocycles. The molecule has 9 nitrogen and oxygen atoms in total. The SMILES string of the molecule is Cc1ccc(Nc2nc(C)cc(N3CCN(C(=O)CN(C)S(C)(=O)=O)CC3)n2)cc1. The third kappa shape index (κ3) is 5.67. The van der Waals surface area contributed by atoms with Crippen LogP contribution in [0.5, 0.6) is 0 Å². The van der Waals surface area contributed by atoms with Crippen molar-refractivity contribution in [3.8, 4) is 0 Å². The maximum absolute atomic E-state index is 12.4. The number of sulfonamides is 1. The Kier molecular flexibility index (Phi) is 6.57. The van der Waals surface area contributed by atoms with Crippen LogP contribution in [0.25, 0.3) is 0 Å². The smallest absolute Gasteiger partial charge is 0.238 e. The summed E-state index contributed by atoms with van der Waals surface area (Å²) < 4.78 is 24.1. The monoisotopic (exact) mass is 432 g/mol. The van der Waals surface area contributed by atoms with Crippen molar-refractivity contribution in [1.82, 2.24) is 19.2 Å². The van der Waals surface area contributed by atoms with Gasteiger partial charge in [-0.05, 0) is 26.0 Å². The van der Waals surface area contributed by atoms with E-state index in [9.17, 15) is 13.2 Å². The molecule has 1 saturated heterocycles. The number of carbonyl (C=O) groups excluding carboxylic acids is 1. The van der Waals surface area contributed by atoms with Gasteiger partial charge in [-0.1, -0.05) is 17.7 Å². The highest BCUT2D eigenvalue weighted by atomic mass is 32.2. The molecule has 0 unspecified atom stereocenters. The molecule has 1 aliphatic rings. The Morgan fingerprint density at radius 3 is 2.33 bits per heavy atom. The van der Waals surface area contributed by atoms with Crippen LogP contribution in [0.3, 0.4) is 0 Å². The standard InChI is InChI=1S/C20H28N6O3S/c1-15-5-7-17(8-6-15)22-20-21-16(2)13-18(23-20)25-9-11-26(12-10-25)19(27)14-24(3)30(4,28)29/h5-8,13H,9-12,14H2,1-4H3,(H,21,22,23). The van der Waals surface area contributed by atoms with Gasteiger partial charge in [-0.3, -0.25) is 4.79 Å². The summed E-state index contributed by atoms with van der Waals surface area (Å²) in [5, 5.41) is 3.24. The number of aromatic nitrogens is 2. The van der Waals surface area contributed by atoms with Crippen LogP contribution >= 0.6 is 0 Å². The van der Waals surface area contributed by atoms with Gasteiger partial charge < -0.3 is 15.1 Å². The highest BCUT2D eigenvalue weighted by Gasteiger charge is 2.25. The number of rotatable bonds is 6. The average Bonchev–Trinajstić information content (AvgIpc) is 2.68. The number of anilines is 3. The molecule has 0 bridgehead atoms. The van der Waals surface area contributed by atoms with Crippen molar-refractivity contribution in [3.05, 3.63) is 41.6 Å². The molecule has 0 spiro atoms. The van der Waals surface area contributed by atoms with Crippen molar-refractivity contribution in [2.45, 2.75) is 13.8 Å². The predicted molar refractivity (Wildman–Crippen MR) is 117 cm³/mol. The highest BCUT2D eigenvalue weighted by Crippen LogP contribution is 2.20. The second-order valence-corrected chi connectivity index (χ2v) is 9.66. The minimum Gasteiger partial charge on any atom is -0.353 e. The van der Waals surface area contributed by atoms with E-state index in [2.05, 4.69) is 20.2 Å². The lowest BCUT2D eigenvalue weighted by Gasteiger charge is -2.36. The number of nitrogens with zero attached hydrogens (tertiary/aromatic N) is 5. The quantitative estimate of drug-likeness (QED) is 0.736. The van der Waals surface area contributed by atoms with Gasteiger partial charge in [0.2, 0.25) is 21.9 Å². The molecule has 1 N–H and O–H groups in total. The molecule has 2 heterocycles. The van der Waals surface area contributed by atoms with E-state index in [0.717, 1.165) is 27.8 Å². The van der Waals surface area contributed by atoms with E-state index in [1.54, 1.807) is 4.90 Å². The van der Waals surface area contributed by atoms with Crippen LogP contribution < -0.4 is 10.2 Å². The van der Waals surface area contributed by atoms with E-state index in [1.165, 1.54) is 12.6 Å². The molecule has 1 aromatic heterocycles. The second-order valence-electron chi connectivity index (χ2n) is 7.57. The molecular formula is C20H28N6O3S. The van der Waals surface area contributed by atoms with Crippen molar-refractivity contribution in [1.29, 1.82) is 0 Å². The third-order valence-electron chi connectivity index (χ3n) is 5.03. The van der Waals surface area contributed by atoms with E-state index in [0.29, 0.717) is 32.1 Å². The number of likely N-dealkylation sites (N-methyl/N-ethyl adjacent to an activating group) is 1. The number of benzene rings is 1. The van der Waals surface area contributed by atoms with E-state index in [1.807, 2.05) is 44.2 Å². The second kappa shape index (κ2) is 8.97. The van der Waals surface area contributed by atoms with Crippen LogP contribution in [0, 0.1) is 13.8 Å². The largest absolute Gasteiger partial charge is 0.353 e. The number of aryl methyl sites for hydroxylation is 2. The number of nitrogens with one attached hydrogen (secondary N) is 1. The third-order valence-corrected chi connectivity index (χ3v) is 6.29. The first-order valence-corrected chi connectivity index (χ1v) is 11.6. The van der Waals surface area contributed by atoms with Crippen LogP contribution in [0.4, 0.5) is 17.5 Å². The van der Waals surface area contributed by atoms with Crippen molar-refractivity contribution in [2.75, 3.05) is 56.2 Å². The molecule has 0 saturated carbocycles. The first-order valence-electron chi connectivity index (χ1n) is 9.75. The fraction of sp³-hybridized carbons (Fsp3) is 0.450. The van der Waals surface area contributed by atoms with Crippen molar-refractivity contribution >= 4 is 33.4 Å². The molecule has 2 aromatic rings. The molecule has 3 rings (SSSR count). The minimum atomic E-state index is -3.38. The lowest BCUT2D eigenvalue weighted by atomic mass is 10.2. The zero-order valence-corrected chi connectivity index (χ0v) is 18.6. The van der Waals surface area contributed by atoms with Crippen molar-refractivity contribution in [3.63, 3.8) is 0 Å². The fourth-order valence-electron chi connectivity index (χ4n) is 3.13. The van der Waals surface area contributed by atoms with Crippen molar-refractivity contribution in [2.24, 2.45) is 0 Å². The van der Waals surface area contributed by atoms with Gasteiger partial charge in [-0.15, -0.1) is 0 Å². The summed E-state index contributed by atoms with van der Waals surface area (Å²) in [6.07, 6.45) is 1.10. The zero-order valence-electron chi connectivity index (χ0n) is 17.8. The zero-order chi connectivity index (χ0) is 21.9. The van der Waals surface area contributed by atoms with Gasteiger partial charge in [0.15, 0.2) is 0 Å². The highest BCUT2D eigenvalue weighted by molar-refractivity contribution is 7.88. The first-order chi connectivity index (χ1) is 14.1. The Morgan fingerprint density at radius 2 is 1.73 bits per heavy atom. The summed E-state index contributed by atoms with van der Waals surface area (Å²) in [5.74, 6) is 1.14. The van der Waals surface area contributed by atoms with Crippen molar-refractivity contribution < 1.29 is 13.2 Å². The molecule has 0 atom stereocenters. The van der Waals surface area contributed by atoms with Gasteiger partial charge in [0.1, 0.15) is 5.82 Å². The van der Waals surface area contributed by atoms with Gasteiger partial charge in [-0.2, -0.15) is 9.29 Å². The maximum Gasteiger partial charge on any atom is 0.238 e. The minimum absolute atomic E-state index is 0.143. The maximum atomic E-state index is 12.4. The summed E-state index contributed by atoms with van der Waals surface area (Å²) in [6.45, 7) is 6.08. The van der Waals surface area contributed by atoms with Gasteiger partial charge >= 0.3 is 0 Å². The average molecular weight is 433 g/mol. The van der Waals surface area contributed by atoms with E-state index in [-0.39, 0.29) is 12.5 Å². The van der Waals surface area contributed by atoms with E-state index >= 15 is 0 Å². The Morgan fingerprint density at radius 1 is 1.10 bits per heavy atom. The normalized spacial score (nSPS) is 14.8. The molecule has 10 heteroatoms. The summed E-state index contributed by atoms with van der Waals surface area (Å²) in [4.78, 5) is 25.3. The van der Waals surface area contributed by atoms with Gasteiger partial charge in [0.25, 0.3) is 0 Å². The first kappa shape index (κ1) is 22.0.